The number of likely N-dealkylation sites (tertiary alicyclic amines) is 1. The largest absolute Gasteiger partial charge is 0.355 e. The van der Waals surface area contributed by atoms with Gasteiger partial charge in [0.2, 0.25) is 0 Å². The van der Waals surface area contributed by atoms with E-state index in [9.17, 15) is 8.78 Å². The molecule has 1 saturated heterocycles. The smallest absolute Gasteiger partial charge is 0.191 e. The first kappa shape index (κ1) is 19.1. The van der Waals surface area contributed by atoms with Gasteiger partial charge in [0.25, 0.3) is 0 Å². The quantitative estimate of drug-likeness (QED) is 0.443. The Morgan fingerprint density at radius 3 is 2.77 bits per heavy atom. The van der Waals surface area contributed by atoms with E-state index >= 15 is 0 Å². The number of benzene rings is 1. The molecule has 0 spiro atoms. The standard InChI is InChI=1S/C15H22F2N4.HI/c1-18-15(20-10-13-4-3-7-21(13)2)19-9-11-8-12(16)5-6-14(11)17;/h5-6,8,13H,3-4,7,9-10H2,1-2H3,(H2,18,19,20);1H. The molecular weight excluding hydrogens is 401 g/mol. The van der Waals surface area contributed by atoms with Crippen molar-refractivity contribution in [1.29, 1.82) is 0 Å². The SMILES string of the molecule is CN=C(NCc1cc(F)ccc1F)NCC1CCCN1C.I. The molecule has 0 amide bonds. The summed E-state index contributed by atoms with van der Waals surface area (Å²) < 4.78 is 26.6. The van der Waals surface area contributed by atoms with Crippen molar-refractivity contribution in [2.45, 2.75) is 25.4 Å². The topological polar surface area (TPSA) is 39.7 Å². The van der Waals surface area contributed by atoms with Gasteiger partial charge in [-0.25, -0.2) is 8.78 Å². The maximum atomic E-state index is 13.5. The number of nitrogens with zero attached hydrogens (tertiary/aromatic N) is 2. The van der Waals surface area contributed by atoms with E-state index in [2.05, 4.69) is 27.6 Å². The Kier molecular flexibility index (Phi) is 8.02. The minimum atomic E-state index is -0.441. The van der Waals surface area contributed by atoms with Crippen molar-refractivity contribution in [2.75, 3.05) is 27.2 Å². The molecule has 4 nitrogen and oxygen atoms in total. The number of guanidine groups is 1. The van der Waals surface area contributed by atoms with E-state index in [0.29, 0.717) is 12.0 Å². The molecule has 22 heavy (non-hydrogen) atoms. The van der Waals surface area contributed by atoms with E-state index in [0.717, 1.165) is 25.2 Å². The molecule has 1 aromatic carbocycles. The van der Waals surface area contributed by atoms with Crippen LogP contribution in [0.4, 0.5) is 8.78 Å². The summed E-state index contributed by atoms with van der Waals surface area (Å²) >= 11 is 0. The molecule has 124 valence electrons. The average molecular weight is 424 g/mol. The normalized spacial score (nSPS) is 18.9. The average Bonchev–Trinajstić information content (AvgIpc) is 2.88. The van der Waals surface area contributed by atoms with Crippen LogP contribution in [0.5, 0.6) is 0 Å². The molecule has 1 heterocycles. The van der Waals surface area contributed by atoms with Crippen molar-refractivity contribution >= 4 is 29.9 Å². The lowest BCUT2D eigenvalue weighted by Crippen LogP contribution is -2.43. The summed E-state index contributed by atoms with van der Waals surface area (Å²) in [7, 11) is 3.77. The van der Waals surface area contributed by atoms with E-state index in [1.165, 1.54) is 18.9 Å². The van der Waals surface area contributed by atoms with Gasteiger partial charge in [-0.15, -0.1) is 24.0 Å². The molecule has 2 rings (SSSR count). The Hall–Kier alpha value is -0.960. The molecule has 1 aliphatic rings. The van der Waals surface area contributed by atoms with Gasteiger partial charge < -0.3 is 15.5 Å². The van der Waals surface area contributed by atoms with Gasteiger partial charge in [0.05, 0.1) is 0 Å². The van der Waals surface area contributed by atoms with Gasteiger partial charge >= 0.3 is 0 Å². The maximum absolute atomic E-state index is 13.5. The first-order valence-electron chi connectivity index (χ1n) is 7.19. The van der Waals surface area contributed by atoms with Crippen LogP contribution in [0.3, 0.4) is 0 Å². The van der Waals surface area contributed by atoms with Crippen molar-refractivity contribution in [3.8, 4) is 0 Å². The molecule has 1 fully saturated rings. The third-order valence-electron chi connectivity index (χ3n) is 3.85. The van der Waals surface area contributed by atoms with Crippen LogP contribution in [0, 0.1) is 11.6 Å². The lowest BCUT2D eigenvalue weighted by atomic mass is 10.2. The number of hydrogen-bond donors (Lipinski definition) is 2. The van der Waals surface area contributed by atoms with Gasteiger partial charge in [0, 0.05) is 31.7 Å². The van der Waals surface area contributed by atoms with E-state index < -0.39 is 11.6 Å². The lowest BCUT2D eigenvalue weighted by molar-refractivity contribution is 0.309. The number of nitrogens with one attached hydrogen (secondary N) is 2. The van der Waals surface area contributed by atoms with Crippen LogP contribution in [0.25, 0.3) is 0 Å². The predicted octanol–water partition coefficient (Wildman–Crippen LogP) is 2.34. The molecule has 2 N–H and O–H groups in total. The molecule has 1 aromatic rings. The maximum Gasteiger partial charge on any atom is 0.191 e. The van der Waals surface area contributed by atoms with Crippen LogP contribution in [-0.4, -0.2) is 44.1 Å². The molecular formula is C15H23F2IN4. The van der Waals surface area contributed by atoms with E-state index in [-0.39, 0.29) is 36.1 Å². The number of hydrogen-bond acceptors (Lipinski definition) is 2. The van der Waals surface area contributed by atoms with Crippen molar-refractivity contribution in [1.82, 2.24) is 15.5 Å². The zero-order chi connectivity index (χ0) is 15.2. The monoisotopic (exact) mass is 424 g/mol. The first-order chi connectivity index (χ1) is 10.1. The van der Waals surface area contributed by atoms with Crippen LogP contribution in [-0.2, 0) is 6.54 Å². The first-order valence-corrected chi connectivity index (χ1v) is 7.19. The van der Waals surface area contributed by atoms with Gasteiger partial charge in [-0.2, -0.15) is 0 Å². The van der Waals surface area contributed by atoms with Crippen LogP contribution in [0.15, 0.2) is 23.2 Å². The second-order valence-corrected chi connectivity index (χ2v) is 5.32. The Bertz CT molecular complexity index is 510. The molecule has 1 aliphatic heterocycles. The summed E-state index contributed by atoms with van der Waals surface area (Å²) in [6, 6.07) is 3.94. The molecule has 0 saturated carbocycles. The van der Waals surface area contributed by atoms with Crippen LogP contribution < -0.4 is 10.6 Å². The summed E-state index contributed by atoms with van der Waals surface area (Å²) in [5.74, 6) is -0.266. The molecule has 1 atom stereocenters. The number of likely N-dealkylation sites (N-methyl/N-ethyl adjacent to an activating group) is 1. The third kappa shape index (κ3) is 5.35. The van der Waals surface area contributed by atoms with Crippen LogP contribution in [0.1, 0.15) is 18.4 Å². The molecule has 7 heteroatoms. The number of aliphatic imine (C=N–C) groups is 1. The highest BCUT2D eigenvalue weighted by Gasteiger charge is 2.20. The van der Waals surface area contributed by atoms with Crippen molar-refractivity contribution in [3.63, 3.8) is 0 Å². The molecule has 1 unspecified atom stereocenters. The highest BCUT2D eigenvalue weighted by molar-refractivity contribution is 14.0. The van der Waals surface area contributed by atoms with Gasteiger partial charge in [0.1, 0.15) is 11.6 Å². The zero-order valence-electron chi connectivity index (χ0n) is 12.9. The van der Waals surface area contributed by atoms with Crippen molar-refractivity contribution in [3.05, 3.63) is 35.4 Å². The predicted molar refractivity (Wildman–Crippen MR) is 95.6 cm³/mol. The summed E-state index contributed by atoms with van der Waals surface area (Å²) in [6.45, 7) is 2.11. The summed E-state index contributed by atoms with van der Waals surface area (Å²) in [5, 5.41) is 6.23. The van der Waals surface area contributed by atoms with E-state index in [1.807, 2.05) is 0 Å². The highest BCUT2D eigenvalue weighted by Crippen LogP contribution is 2.13. The highest BCUT2D eigenvalue weighted by atomic mass is 127. The van der Waals surface area contributed by atoms with Crippen molar-refractivity contribution in [2.24, 2.45) is 4.99 Å². The van der Waals surface area contributed by atoms with Crippen LogP contribution >= 0.6 is 24.0 Å². The zero-order valence-corrected chi connectivity index (χ0v) is 15.2. The minimum absolute atomic E-state index is 0. The van der Waals surface area contributed by atoms with Crippen molar-refractivity contribution < 1.29 is 8.78 Å². The van der Waals surface area contributed by atoms with Gasteiger partial charge in [0.15, 0.2) is 5.96 Å². The van der Waals surface area contributed by atoms with E-state index in [4.69, 9.17) is 0 Å². The third-order valence-corrected chi connectivity index (χ3v) is 3.85. The van der Waals surface area contributed by atoms with Crippen LogP contribution in [0.2, 0.25) is 0 Å². The second kappa shape index (κ2) is 9.24. The van der Waals surface area contributed by atoms with E-state index in [1.54, 1.807) is 7.05 Å². The lowest BCUT2D eigenvalue weighted by Gasteiger charge is -2.21. The van der Waals surface area contributed by atoms with Gasteiger partial charge in [-0.3, -0.25) is 4.99 Å². The fourth-order valence-electron chi connectivity index (χ4n) is 2.53. The Balaban J connectivity index is 0.00000242. The van der Waals surface area contributed by atoms with Gasteiger partial charge in [-0.1, -0.05) is 0 Å². The number of halogens is 3. The summed E-state index contributed by atoms with van der Waals surface area (Å²) in [6.07, 6.45) is 2.38. The Morgan fingerprint density at radius 1 is 1.36 bits per heavy atom. The van der Waals surface area contributed by atoms with Gasteiger partial charge in [-0.05, 0) is 44.6 Å². The number of rotatable bonds is 4. The Labute approximate surface area is 147 Å². The second-order valence-electron chi connectivity index (χ2n) is 5.32. The fraction of sp³-hybridized carbons (Fsp3) is 0.533. The molecule has 0 bridgehead atoms. The fourth-order valence-corrected chi connectivity index (χ4v) is 2.53. The Morgan fingerprint density at radius 2 is 2.14 bits per heavy atom. The molecule has 0 aromatic heterocycles. The summed E-state index contributed by atoms with van der Waals surface area (Å²) in [5.41, 5.74) is 0.288. The summed E-state index contributed by atoms with van der Waals surface area (Å²) in [4.78, 5) is 6.41. The molecule has 0 radical (unpaired) electrons. The molecule has 0 aliphatic carbocycles. The minimum Gasteiger partial charge on any atom is -0.355 e.